The van der Waals surface area contributed by atoms with Crippen LogP contribution in [0.15, 0.2) is 4.79 Å². The minimum Gasteiger partial charge on any atom is -0.348 e. The average Bonchev–Trinajstić information content (AvgIpc) is 2.95. The molecular weight excluding hydrogens is 421 g/mol. The molecule has 2 aromatic rings. The van der Waals surface area contributed by atoms with Gasteiger partial charge in [-0.15, -0.1) is 36.2 Å². The van der Waals surface area contributed by atoms with Gasteiger partial charge in [0.25, 0.3) is 11.5 Å². The van der Waals surface area contributed by atoms with Crippen LogP contribution in [0.4, 0.5) is 0 Å². The van der Waals surface area contributed by atoms with Gasteiger partial charge in [0, 0.05) is 19.1 Å². The molecule has 3 heterocycles. The lowest BCUT2D eigenvalue weighted by Crippen LogP contribution is -2.46. The summed E-state index contributed by atoms with van der Waals surface area (Å²) in [6.45, 7) is 8.58. The second-order valence-electron chi connectivity index (χ2n) is 7.00. The molecule has 7 nitrogen and oxygen atoms in total. The quantitative estimate of drug-likeness (QED) is 0.754. The predicted octanol–water partition coefficient (Wildman–Crippen LogP) is 2.54. The molecule has 156 valence electrons. The van der Waals surface area contributed by atoms with Gasteiger partial charge in [-0.25, -0.2) is 9.67 Å². The molecule has 2 atom stereocenters. The van der Waals surface area contributed by atoms with Crippen LogP contribution in [0.3, 0.4) is 0 Å². The van der Waals surface area contributed by atoms with Crippen molar-refractivity contribution in [1.82, 2.24) is 25.4 Å². The maximum atomic E-state index is 12.7. The van der Waals surface area contributed by atoms with Crippen LogP contribution in [0.5, 0.6) is 0 Å². The summed E-state index contributed by atoms with van der Waals surface area (Å²) < 4.78 is 1.32. The molecule has 2 N–H and O–H groups in total. The fraction of sp³-hybridized carbons (Fsp3) is 0.556. The molecule has 0 bridgehead atoms. The second-order valence-corrected chi connectivity index (χ2v) is 8.00. The van der Waals surface area contributed by atoms with Crippen molar-refractivity contribution >= 4 is 42.1 Å². The standard InChI is InChI=1S/C18H25N5O2S.2ClH/c1-9-8-13(6-7-19-9)21-16(24)15-12(4)20-17(26-15)14-10(2)11(3)22-23(5)18(14)25;;/h9,13,19H,6-8H2,1-5H3,(H,21,24);2*1H. The van der Waals surface area contributed by atoms with Crippen LogP contribution >= 0.6 is 36.2 Å². The Balaban J connectivity index is 0.00000196. The number of aromatic nitrogens is 3. The topological polar surface area (TPSA) is 88.9 Å². The maximum absolute atomic E-state index is 12.7. The van der Waals surface area contributed by atoms with Crippen LogP contribution in [0.1, 0.15) is 46.4 Å². The van der Waals surface area contributed by atoms with Crippen molar-refractivity contribution in [1.29, 1.82) is 0 Å². The molecule has 0 radical (unpaired) electrons. The van der Waals surface area contributed by atoms with Crippen molar-refractivity contribution in [3.05, 3.63) is 32.2 Å². The number of hydrogen-bond donors (Lipinski definition) is 2. The van der Waals surface area contributed by atoms with Crippen LogP contribution in [-0.4, -0.2) is 39.3 Å². The maximum Gasteiger partial charge on any atom is 0.277 e. The highest BCUT2D eigenvalue weighted by atomic mass is 35.5. The third-order valence-electron chi connectivity index (χ3n) is 4.90. The number of piperidine rings is 1. The van der Waals surface area contributed by atoms with Crippen molar-refractivity contribution in [3.63, 3.8) is 0 Å². The smallest absolute Gasteiger partial charge is 0.277 e. The number of nitrogens with one attached hydrogen (secondary N) is 2. The van der Waals surface area contributed by atoms with Gasteiger partial charge in [0.05, 0.1) is 17.0 Å². The van der Waals surface area contributed by atoms with E-state index >= 15 is 0 Å². The van der Waals surface area contributed by atoms with Crippen LogP contribution in [0, 0.1) is 20.8 Å². The summed E-state index contributed by atoms with van der Waals surface area (Å²) in [5, 5.41) is 11.3. The summed E-state index contributed by atoms with van der Waals surface area (Å²) in [6.07, 6.45) is 1.84. The highest BCUT2D eigenvalue weighted by Crippen LogP contribution is 2.28. The molecule has 0 aliphatic carbocycles. The number of thiazole rings is 1. The Labute approximate surface area is 181 Å². The normalized spacial score (nSPS) is 18.8. The van der Waals surface area contributed by atoms with Gasteiger partial charge in [0.15, 0.2) is 0 Å². The largest absolute Gasteiger partial charge is 0.348 e. The molecular formula is C18H27Cl2N5O2S. The lowest BCUT2D eigenvalue weighted by atomic mass is 10.0. The minimum absolute atomic E-state index is 0. The van der Waals surface area contributed by atoms with Gasteiger partial charge >= 0.3 is 0 Å². The lowest BCUT2D eigenvalue weighted by molar-refractivity contribution is 0.0929. The number of rotatable bonds is 3. The minimum atomic E-state index is -0.194. The molecule has 1 aliphatic heterocycles. The average molecular weight is 448 g/mol. The molecule has 0 aromatic carbocycles. The monoisotopic (exact) mass is 447 g/mol. The third-order valence-corrected chi connectivity index (χ3v) is 6.07. The van der Waals surface area contributed by atoms with E-state index in [4.69, 9.17) is 0 Å². The number of aryl methyl sites for hydroxylation is 3. The van der Waals surface area contributed by atoms with Crippen molar-refractivity contribution in [2.24, 2.45) is 7.05 Å². The van der Waals surface area contributed by atoms with Crippen molar-refractivity contribution in [3.8, 4) is 10.6 Å². The molecule has 10 heteroatoms. The molecule has 28 heavy (non-hydrogen) atoms. The van der Waals surface area contributed by atoms with E-state index in [1.165, 1.54) is 16.0 Å². The van der Waals surface area contributed by atoms with E-state index < -0.39 is 0 Å². The molecule has 1 aliphatic rings. The summed E-state index contributed by atoms with van der Waals surface area (Å²) in [7, 11) is 1.63. The van der Waals surface area contributed by atoms with E-state index in [9.17, 15) is 9.59 Å². The number of carbonyl (C=O) groups excluding carboxylic acids is 1. The molecule has 2 aromatic heterocycles. The number of amides is 1. The van der Waals surface area contributed by atoms with E-state index in [-0.39, 0.29) is 42.3 Å². The summed E-state index contributed by atoms with van der Waals surface area (Å²) in [6, 6.07) is 0.569. The van der Waals surface area contributed by atoms with Gasteiger partial charge in [-0.2, -0.15) is 5.10 Å². The van der Waals surface area contributed by atoms with Crippen LogP contribution in [0.25, 0.3) is 10.6 Å². The first kappa shape index (κ1) is 24.6. The Morgan fingerprint density at radius 3 is 2.57 bits per heavy atom. The molecule has 1 fully saturated rings. The van der Waals surface area contributed by atoms with Crippen LogP contribution in [-0.2, 0) is 7.05 Å². The van der Waals surface area contributed by atoms with Crippen molar-refractivity contribution in [2.45, 2.75) is 52.6 Å². The molecule has 1 amide bonds. The van der Waals surface area contributed by atoms with E-state index in [1.807, 2.05) is 20.8 Å². The third kappa shape index (κ3) is 4.92. The zero-order chi connectivity index (χ0) is 19.0. The Kier molecular flexibility index (Phi) is 8.62. The number of nitrogens with zero attached hydrogens (tertiary/aromatic N) is 3. The predicted molar refractivity (Wildman–Crippen MR) is 117 cm³/mol. The highest BCUT2D eigenvalue weighted by molar-refractivity contribution is 7.17. The number of hydrogen-bond acceptors (Lipinski definition) is 6. The number of carbonyl (C=O) groups is 1. The van der Waals surface area contributed by atoms with Crippen LogP contribution in [0.2, 0.25) is 0 Å². The first-order valence-corrected chi connectivity index (χ1v) is 9.66. The molecule has 1 saturated heterocycles. The van der Waals surface area contributed by atoms with E-state index in [0.29, 0.717) is 27.2 Å². The summed E-state index contributed by atoms with van der Waals surface area (Å²) in [4.78, 5) is 30.4. The van der Waals surface area contributed by atoms with E-state index in [0.717, 1.165) is 30.6 Å². The second kappa shape index (κ2) is 9.82. The lowest BCUT2D eigenvalue weighted by Gasteiger charge is -2.28. The summed E-state index contributed by atoms with van der Waals surface area (Å²) in [5.74, 6) is -0.106. The SMILES string of the molecule is Cc1nc(-c2c(C)c(C)nn(C)c2=O)sc1C(=O)NC1CCNC(C)C1.Cl.Cl. The molecule has 0 spiro atoms. The van der Waals surface area contributed by atoms with Gasteiger partial charge in [-0.3, -0.25) is 9.59 Å². The Hall–Kier alpha value is -1.48. The van der Waals surface area contributed by atoms with Gasteiger partial charge in [-0.05, 0) is 52.6 Å². The number of halogens is 2. The molecule has 3 rings (SSSR count). The van der Waals surface area contributed by atoms with E-state index in [2.05, 4.69) is 27.6 Å². The molecule has 2 unspecified atom stereocenters. The summed E-state index contributed by atoms with van der Waals surface area (Å²) in [5.41, 5.74) is 2.58. The van der Waals surface area contributed by atoms with Crippen LogP contribution < -0.4 is 16.2 Å². The van der Waals surface area contributed by atoms with Crippen molar-refractivity contribution in [2.75, 3.05) is 6.54 Å². The van der Waals surface area contributed by atoms with Gasteiger partial charge in [-0.1, -0.05) is 0 Å². The first-order valence-electron chi connectivity index (χ1n) is 8.84. The molecule has 0 saturated carbocycles. The highest BCUT2D eigenvalue weighted by Gasteiger charge is 2.24. The van der Waals surface area contributed by atoms with E-state index in [1.54, 1.807) is 7.05 Å². The fourth-order valence-corrected chi connectivity index (χ4v) is 4.39. The zero-order valence-electron chi connectivity index (χ0n) is 16.7. The Morgan fingerprint density at radius 2 is 1.93 bits per heavy atom. The first-order chi connectivity index (χ1) is 12.3. The van der Waals surface area contributed by atoms with Gasteiger partial charge in [0.2, 0.25) is 0 Å². The van der Waals surface area contributed by atoms with Crippen molar-refractivity contribution < 1.29 is 4.79 Å². The fourth-order valence-electron chi connectivity index (χ4n) is 3.33. The Morgan fingerprint density at radius 1 is 1.25 bits per heavy atom. The summed E-state index contributed by atoms with van der Waals surface area (Å²) >= 11 is 1.28. The zero-order valence-corrected chi connectivity index (χ0v) is 19.1. The van der Waals surface area contributed by atoms with Gasteiger partial charge < -0.3 is 10.6 Å². The Bertz CT molecular complexity index is 912. The van der Waals surface area contributed by atoms with Gasteiger partial charge in [0.1, 0.15) is 9.88 Å².